The van der Waals surface area contributed by atoms with Crippen molar-refractivity contribution in [3.8, 4) is 0 Å². The van der Waals surface area contributed by atoms with Crippen molar-refractivity contribution >= 4 is 27.3 Å². The highest BCUT2D eigenvalue weighted by Gasteiger charge is 2.32. The summed E-state index contributed by atoms with van der Waals surface area (Å²) in [5.41, 5.74) is 0.148. The molecule has 4 heterocycles. The van der Waals surface area contributed by atoms with E-state index in [0.29, 0.717) is 37.6 Å². The van der Waals surface area contributed by atoms with Gasteiger partial charge in [0.05, 0.1) is 30.8 Å². The number of hydrogen-bond acceptors (Lipinski definition) is 7. The molecule has 2 aliphatic heterocycles. The molecule has 30 heavy (non-hydrogen) atoms. The number of anilines is 1. The molecule has 0 aromatic carbocycles. The maximum atomic E-state index is 12.8. The Morgan fingerprint density at radius 2 is 2.07 bits per heavy atom. The average molecular weight is 457 g/mol. The molecule has 0 amide bonds. The highest BCUT2D eigenvalue weighted by molar-refractivity contribution is 7.89. The lowest BCUT2D eigenvalue weighted by Crippen LogP contribution is -2.41. The van der Waals surface area contributed by atoms with Gasteiger partial charge in [-0.15, -0.1) is 0 Å². The summed E-state index contributed by atoms with van der Waals surface area (Å²) in [6.07, 6.45) is 5.95. The monoisotopic (exact) mass is 456 g/mol. The van der Waals surface area contributed by atoms with Gasteiger partial charge in [0.2, 0.25) is 5.09 Å². The lowest BCUT2D eigenvalue weighted by Gasteiger charge is -2.31. The molecule has 1 N–H and O–H groups in total. The molecule has 0 spiro atoms. The van der Waals surface area contributed by atoms with Crippen molar-refractivity contribution in [2.24, 2.45) is 5.92 Å². The van der Waals surface area contributed by atoms with Crippen LogP contribution in [-0.4, -0.2) is 55.4 Å². The van der Waals surface area contributed by atoms with Gasteiger partial charge in [-0.1, -0.05) is 11.6 Å². The van der Waals surface area contributed by atoms with Gasteiger partial charge in [0, 0.05) is 26.2 Å². The third-order valence-corrected chi connectivity index (χ3v) is 7.79. The van der Waals surface area contributed by atoms with Crippen molar-refractivity contribution in [2.75, 3.05) is 38.2 Å². The molecule has 4 rings (SSSR count). The second-order valence-electron chi connectivity index (χ2n) is 7.65. The van der Waals surface area contributed by atoms with E-state index >= 15 is 0 Å². The Hall–Kier alpha value is -1.88. The van der Waals surface area contributed by atoms with E-state index in [9.17, 15) is 13.2 Å². The predicted molar refractivity (Wildman–Crippen MR) is 111 cm³/mol. The maximum Gasteiger partial charge on any atom is 0.287 e. The Bertz CT molecular complexity index is 1010. The van der Waals surface area contributed by atoms with Crippen LogP contribution in [0.25, 0.3) is 0 Å². The minimum absolute atomic E-state index is 0.0712. The van der Waals surface area contributed by atoms with Crippen molar-refractivity contribution in [1.82, 2.24) is 14.1 Å². The predicted octanol–water partition coefficient (Wildman–Crippen LogP) is 2.35. The Balaban J connectivity index is 1.40. The van der Waals surface area contributed by atoms with Crippen molar-refractivity contribution in [1.29, 1.82) is 0 Å². The largest absolute Gasteiger partial charge is 0.452 e. The van der Waals surface area contributed by atoms with Gasteiger partial charge in [0.15, 0.2) is 0 Å². The quantitative estimate of drug-likeness (QED) is 0.710. The fourth-order valence-electron chi connectivity index (χ4n) is 3.92. The molecule has 0 radical (unpaired) electrons. The van der Waals surface area contributed by atoms with Gasteiger partial charge < -0.3 is 14.5 Å². The summed E-state index contributed by atoms with van der Waals surface area (Å²) < 4.78 is 38.4. The lowest BCUT2D eigenvalue weighted by atomic mass is 10.0. The number of hydrogen-bond donors (Lipinski definition) is 1. The molecule has 0 saturated carbocycles. The van der Waals surface area contributed by atoms with Gasteiger partial charge in [0.1, 0.15) is 5.02 Å². The number of ether oxygens (including phenoxy) is 1. The normalized spacial score (nSPS) is 21.6. The van der Waals surface area contributed by atoms with Crippen LogP contribution in [0.1, 0.15) is 31.7 Å². The van der Waals surface area contributed by atoms with E-state index in [1.165, 1.54) is 21.3 Å². The molecule has 2 aromatic rings. The Kier molecular flexibility index (Phi) is 6.47. The molecular formula is C19H25ClN4O5S. The molecule has 164 valence electrons. The van der Waals surface area contributed by atoms with Crippen LogP contribution in [0.5, 0.6) is 0 Å². The summed E-state index contributed by atoms with van der Waals surface area (Å²) in [6.45, 7) is 2.74. The Labute approximate surface area is 180 Å². The first-order valence-corrected chi connectivity index (χ1v) is 11.9. The number of furan rings is 1. The zero-order chi connectivity index (χ0) is 21.1. The van der Waals surface area contributed by atoms with Crippen molar-refractivity contribution in [3.63, 3.8) is 0 Å². The summed E-state index contributed by atoms with van der Waals surface area (Å²) in [4.78, 5) is 12.8. The van der Waals surface area contributed by atoms with E-state index in [0.717, 1.165) is 19.4 Å². The second kappa shape index (κ2) is 9.09. The zero-order valence-electron chi connectivity index (χ0n) is 16.5. The van der Waals surface area contributed by atoms with Gasteiger partial charge >= 0.3 is 0 Å². The number of rotatable bonds is 6. The Morgan fingerprint density at radius 1 is 1.27 bits per heavy atom. The van der Waals surface area contributed by atoms with Crippen LogP contribution >= 0.6 is 11.6 Å². The van der Waals surface area contributed by atoms with Crippen LogP contribution in [-0.2, 0) is 14.8 Å². The van der Waals surface area contributed by atoms with Crippen LogP contribution in [0.2, 0.25) is 5.02 Å². The first-order valence-electron chi connectivity index (χ1n) is 10.1. The minimum atomic E-state index is -3.65. The van der Waals surface area contributed by atoms with E-state index in [1.807, 2.05) is 0 Å². The summed E-state index contributed by atoms with van der Waals surface area (Å²) in [5.74, 6) is 0.387. The second-order valence-corrected chi connectivity index (χ2v) is 9.90. The molecule has 11 heteroatoms. The molecule has 2 saturated heterocycles. The van der Waals surface area contributed by atoms with Crippen molar-refractivity contribution in [3.05, 3.63) is 40.0 Å². The first-order chi connectivity index (χ1) is 14.5. The number of nitrogens with one attached hydrogen (secondary N) is 1. The highest BCUT2D eigenvalue weighted by atomic mass is 35.5. The fourth-order valence-corrected chi connectivity index (χ4v) is 5.49. The number of aromatic nitrogens is 2. The molecule has 1 atom stereocenters. The number of nitrogens with zero attached hydrogens (tertiary/aromatic N) is 3. The number of sulfonamides is 1. The first kappa shape index (κ1) is 21.4. The average Bonchev–Trinajstić information content (AvgIpc) is 3.32. The smallest absolute Gasteiger partial charge is 0.287 e. The van der Waals surface area contributed by atoms with E-state index in [-0.39, 0.29) is 34.8 Å². The van der Waals surface area contributed by atoms with Gasteiger partial charge in [-0.05, 0) is 43.7 Å². The highest BCUT2D eigenvalue weighted by Crippen LogP contribution is 2.27. The van der Waals surface area contributed by atoms with E-state index < -0.39 is 10.0 Å². The summed E-state index contributed by atoms with van der Waals surface area (Å²) in [7, 11) is -3.65. The number of halogens is 1. The molecule has 9 nitrogen and oxygen atoms in total. The molecule has 2 aromatic heterocycles. The van der Waals surface area contributed by atoms with Crippen LogP contribution in [0, 0.1) is 5.92 Å². The summed E-state index contributed by atoms with van der Waals surface area (Å²) in [5, 5.41) is 7.55. The van der Waals surface area contributed by atoms with Crippen LogP contribution in [0.4, 0.5) is 5.69 Å². The van der Waals surface area contributed by atoms with E-state index in [1.54, 1.807) is 12.3 Å². The van der Waals surface area contributed by atoms with Crippen LogP contribution < -0.4 is 10.9 Å². The molecule has 0 bridgehead atoms. The van der Waals surface area contributed by atoms with Crippen LogP contribution in [0.3, 0.4) is 0 Å². The fraction of sp³-hybridized carbons (Fsp3) is 0.579. The van der Waals surface area contributed by atoms with Crippen LogP contribution in [0.15, 0.2) is 38.9 Å². The molecular weight excluding hydrogens is 432 g/mol. The molecule has 2 aliphatic rings. The van der Waals surface area contributed by atoms with Crippen molar-refractivity contribution < 1.29 is 17.6 Å². The molecule has 0 unspecified atom stereocenters. The topological polar surface area (TPSA) is 107 Å². The summed E-state index contributed by atoms with van der Waals surface area (Å²) >= 11 is 6.32. The third kappa shape index (κ3) is 4.41. The maximum absolute atomic E-state index is 12.8. The van der Waals surface area contributed by atoms with Crippen molar-refractivity contribution in [2.45, 2.75) is 36.8 Å². The van der Waals surface area contributed by atoms with E-state index in [4.69, 9.17) is 20.8 Å². The van der Waals surface area contributed by atoms with Gasteiger partial charge in [-0.25, -0.2) is 13.1 Å². The zero-order valence-corrected chi connectivity index (χ0v) is 18.1. The SMILES string of the molecule is O=c1c(Cl)c(NC[C@H]2CCCOC2)cnn1C1CCN(S(=O)(=O)c2ccco2)CC1. The Morgan fingerprint density at radius 3 is 2.73 bits per heavy atom. The third-order valence-electron chi connectivity index (χ3n) is 5.64. The molecule has 0 aliphatic carbocycles. The lowest BCUT2D eigenvalue weighted by molar-refractivity contribution is 0.0595. The van der Waals surface area contributed by atoms with Gasteiger partial charge in [0.25, 0.3) is 15.6 Å². The van der Waals surface area contributed by atoms with Gasteiger partial charge in [-0.2, -0.15) is 9.40 Å². The minimum Gasteiger partial charge on any atom is -0.452 e. The van der Waals surface area contributed by atoms with Gasteiger partial charge in [-0.3, -0.25) is 4.79 Å². The summed E-state index contributed by atoms with van der Waals surface area (Å²) in [6, 6.07) is 2.76. The standard InChI is InChI=1S/C19H25ClN4O5S/c20-18-16(21-11-14-3-1-9-28-13-14)12-22-24(19(18)25)15-5-7-23(8-6-15)30(26,27)17-4-2-10-29-17/h2,4,10,12,14-15,21H,1,3,5-9,11,13H2/t14-/m1/s1. The molecule has 2 fully saturated rings. The van der Waals surface area contributed by atoms with E-state index in [2.05, 4.69) is 10.4 Å². The number of piperidine rings is 1.